The van der Waals surface area contributed by atoms with E-state index in [0.29, 0.717) is 5.56 Å². The summed E-state index contributed by atoms with van der Waals surface area (Å²) in [6.07, 6.45) is 0. The van der Waals surface area contributed by atoms with Gasteiger partial charge in [0, 0.05) is 0 Å². The van der Waals surface area contributed by atoms with Crippen LogP contribution in [-0.2, 0) is 5.32 Å². The minimum atomic E-state index is -0.837. The summed E-state index contributed by atoms with van der Waals surface area (Å²) in [5.74, 6) is -0.837. The molecule has 2 nitrogen and oxygen atoms in total. The molecule has 0 radical (unpaired) electrons. The number of carboxylic acids is 1. The van der Waals surface area contributed by atoms with Crippen LogP contribution in [0, 0.1) is 6.92 Å². The molecular formula is C15H14O2Se. The van der Waals surface area contributed by atoms with E-state index in [4.69, 9.17) is 5.11 Å². The van der Waals surface area contributed by atoms with E-state index >= 15 is 0 Å². The molecule has 0 spiro atoms. The summed E-state index contributed by atoms with van der Waals surface area (Å²) < 4.78 is 0.957. The van der Waals surface area contributed by atoms with Crippen LogP contribution in [0.25, 0.3) is 0 Å². The summed E-state index contributed by atoms with van der Waals surface area (Å²) in [6, 6.07) is 15.7. The van der Waals surface area contributed by atoms with Crippen molar-refractivity contribution < 1.29 is 9.90 Å². The van der Waals surface area contributed by atoms with Gasteiger partial charge in [-0.2, -0.15) is 0 Å². The van der Waals surface area contributed by atoms with Crippen LogP contribution in [0.4, 0.5) is 0 Å². The van der Waals surface area contributed by atoms with Gasteiger partial charge in [-0.1, -0.05) is 0 Å². The zero-order valence-corrected chi connectivity index (χ0v) is 11.8. The maximum atomic E-state index is 11.1. The molecule has 0 bridgehead atoms. The molecule has 0 unspecified atom stereocenters. The molecule has 0 fully saturated rings. The number of benzene rings is 2. The first-order chi connectivity index (χ1) is 8.66. The van der Waals surface area contributed by atoms with E-state index in [1.165, 1.54) is 11.1 Å². The molecule has 92 valence electrons. The van der Waals surface area contributed by atoms with E-state index in [1.807, 2.05) is 12.1 Å². The van der Waals surface area contributed by atoms with Gasteiger partial charge in [-0.3, -0.25) is 0 Å². The molecule has 18 heavy (non-hydrogen) atoms. The average molecular weight is 305 g/mol. The minimum absolute atomic E-state index is 0.157. The second-order valence-electron chi connectivity index (χ2n) is 4.08. The van der Waals surface area contributed by atoms with Crippen LogP contribution in [0.1, 0.15) is 21.5 Å². The van der Waals surface area contributed by atoms with Gasteiger partial charge in [-0.05, 0) is 0 Å². The topological polar surface area (TPSA) is 37.3 Å². The Morgan fingerprint density at radius 2 is 1.78 bits per heavy atom. The van der Waals surface area contributed by atoms with Gasteiger partial charge in [-0.25, -0.2) is 0 Å². The molecule has 2 rings (SSSR count). The van der Waals surface area contributed by atoms with Crippen molar-refractivity contribution in [3.63, 3.8) is 0 Å². The van der Waals surface area contributed by atoms with Crippen LogP contribution in [0.15, 0.2) is 48.5 Å². The van der Waals surface area contributed by atoms with E-state index in [1.54, 1.807) is 12.1 Å². The van der Waals surface area contributed by atoms with Crippen molar-refractivity contribution in [2.45, 2.75) is 12.2 Å². The summed E-state index contributed by atoms with van der Waals surface area (Å²) in [4.78, 5) is 11.1. The molecule has 2 aromatic rings. The fourth-order valence-electron chi connectivity index (χ4n) is 1.61. The Balaban J connectivity index is 2.10. The zero-order valence-electron chi connectivity index (χ0n) is 10.1. The second kappa shape index (κ2) is 5.85. The molecular weight excluding hydrogens is 291 g/mol. The van der Waals surface area contributed by atoms with Gasteiger partial charge in [0.25, 0.3) is 0 Å². The molecule has 0 aromatic heterocycles. The van der Waals surface area contributed by atoms with Crippen LogP contribution < -0.4 is 4.46 Å². The summed E-state index contributed by atoms with van der Waals surface area (Å²) in [7, 11) is 0. The first-order valence-corrected chi connectivity index (χ1v) is 7.74. The van der Waals surface area contributed by atoms with Crippen molar-refractivity contribution in [1.29, 1.82) is 0 Å². The van der Waals surface area contributed by atoms with Crippen LogP contribution >= 0.6 is 0 Å². The molecule has 0 saturated carbocycles. The summed E-state index contributed by atoms with van der Waals surface area (Å²) in [6.45, 7) is 2.06. The Labute approximate surface area is 113 Å². The maximum absolute atomic E-state index is 11.1. The summed E-state index contributed by atoms with van der Waals surface area (Å²) >= 11 is 0.157. The van der Waals surface area contributed by atoms with Gasteiger partial charge >= 0.3 is 113 Å². The van der Waals surface area contributed by atoms with Crippen molar-refractivity contribution in [1.82, 2.24) is 0 Å². The molecule has 0 saturated heterocycles. The number of hydrogen-bond donors (Lipinski definition) is 1. The number of carboxylic acid groups (broad SMARTS) is 1. The van der Waals surface area contributed by atoms with Crippen LogP contribution in [0.5, 0.6) is 0 Å². The Morgan fingerprint density at radius 1 is 1.11 bits per heavy atom. The second-order valence-corrected chi connectivity index (χ2v) is 6.21. The molecule has 3 heteroatoms. The van der Waals surface area contributed by atoms with Crippen molar-refractivity contribution in [2.75, 3.05) is 0 Å². The predicted octanol–water partition coefficient (Wildman–Crippen LogP) is 2.22. The van der Waals surface area contributed by atoms with Gasteiger partial charge in [-0.15, -0.1) is 0 Å². The van der Waals surface area contributed by atoms with E-state index in [9.17, 15) is 4.79 Å². The fraction of sp³-hybridized carbons (Fsp3) is 0.133. The van der Waals surface area contributed by atoms with Gasteiger partial charge < -0.3 is 0 Å². The molecule has 0 aliphatic heterocycles. The number of aryl methyl sites for hydroxylation is 1. The van der Waals surface area contributed by atoms with Crippen molar-refractivity contribution in [2.24, 2.45) is 0 Å². The zero-order chi connectivity index (χ0) is 13.0. The van der Waals surface area contributed by atoms with Crippen LogP contribution in [-0.4, -0.2) is 26.0 Å². The fourth-order valence-corrected chi connectivity index (χ4v) is 3.71. The third kappa shape index (κ3) is 3.22. The third-order valence-corrected chi connectivity index (χ3v) is 5.03. The van der Waals surface area contributed by atoms with E-state index in [2.05, 4.69) is 31.2 Å². The van der Waals surface area contributed by atoms with Gasteiger partial charge in [0.2, 0.25) is 0 Å². The van der Waals surface area contributed by atoms with E-state index in [0.717, 1.165) is 9.78 Å². The molecule has 0 aliphatic carbocycles. The Kier molecular flexibility index (Phi) is 4.19. The number of hydrogen-bond acceptors (Lipinski definition) is 1. The van der Waals surface area contributed by atoms with Crippen LogP contribution in [0.2, 0.25) is 0 Å². The molecule has 0 heterocycles. The van der Waals surface area contributed by atoms with Gasteiger partial charge in [0.05, 0.1) is 0 Å². The third-order valence-electron chi connectivity index (χ3n) is 2.63. The van der Waals surface area contributed by atoms with Crippen molar-refractivity contribution in [3.05, 3.63) is 65.2 Å². The number of aromatic carboxylic acids is 1. The molecule has 0 atom stereocenters. The van der Waals surface area contributed by atoms with Crippen LogP contribution in [0.3, 0.4) is 0 Å². The molecule has 0 aliphatic rings. The van der Waals surface area contributed by atoms with E-state index < -0.39 is 5.97 Å². The predicted molar refractivity (Wildman–Crippen MR) is 73.7 cm³/mol. The SMILES string of the molecule is Cc1ccc(C[Se]c2ccccc2C(=O)O)cc1. The average Bonchev–Trinajstić information content (AvgIpc) is 2.38. The van der Waals surface area contributed by atoms with Gasteiger partial charge in [0.1, 0.15) is 0 Å². The van der Waals surface area contributed by atoms with E-state index in [-0.39, 0.29) is 15.0 Å². The van der Waals surface area contributed by atoms with Crippen molar-refractivity contribution >= 4 is 25.4 Å². The van der Waals surface area contributed by atoms with Crippen molar-refractivity contribution in [3.8, 4) is 0 Å². The monoisotopic (exact) mass is 306 g/mol. The quantitative estimate of drug-likeness (QED) is 0.880. The Hall–Kier alpha value is -1.57. The summed E-state index contributed by atoms with van der Waals surface area (Å²) in [5, 5.41) is 10.0. The standard InChI is InChI=1S/C15H14O2Se/c1-11-6-8-12(9-7-11)10-18-14-5-3-2-4-13(14)15(16)17/h2-9H,10H2,1H3,(H,16,17). The normalized spacial score (nSPS) is 10.3. The number of rotatable bonds is 4. The number of carbonyl (C=O) groups is 1. The van der Waals surface area contributed by atoms with Gasteiger partial charge in [0.15, 0.2) is 0 Å². The summed E-state index contributed by atoms with van der Waals surface area (Å²) in [5.41, 5.74) is 2.95. The Bertz CT molecular complexity index is 547. The Morgan fingerprint density at radius 3 is 2.44 bits per heavy atom. The molecule has 1 N–H and O–H groups in total. The first kappa shape index (κ1) is 12.9. The first-order valence-electron chi connectivity index (χ1n) is 5.67. The molecule has 0 amide bonds. The molecule has 2 aromatic carbocycles.